The molecule has 2 nitrogen and oxygen atoms in total. The Labute approximate surface area is 88.2 Å². The first-order valence-corrected chi connectivity index (χ1v) is 5.06. The second-order valence-corrected chi connectivity index (χ2v) is 3.79. The lowest BCUT2D eigenvalue weighted by Crippen LogP contribution is -1.75. The Morgan fingerprint density at radius 1 is 1.07 bits per heavy atom. The van der Waals surface area contributed by atoms with Crippen molar-refractivity contribution < 1.29 is 0 Å². The average molecular weight is 196 g/mol. The van der Waals surface area contributed by atoms with Crippen molar-refractivity contribution in [2.75, 3.05) is 0 Å². The van der Waals surface area contributed by atoms with E-state index in [0.29, 0.717) is 0 Å². The van der Waals surface area contributed by atoms with Gasteiger partial charge in [0.25, 0.3) is 0 Å². The number of imidazole rings is 1. The van der Waals surface area contributed by atoms with Gasteiger partial charge in [-0.1, -0.05) is 30.3 Å². The molecule has 0 aliphatic rings. The number of benzene rings is 1. The SMILES string of the molecule is Cc1ccn2cc(-c3ccccc3)[nH]c12. The van der Waals surface area contributed by atoms with Crippen LogP contribution < -0.4 is 0 Å². The Bertz CT molecular complexity index is 587. The third-order valence-corrected chi connectivity index (χ3v) is 2.72. The van der Waals surface area contributed by atoms with Crippen molar-refractivity contribution in [1.29, 1.82) is 0 Å². The van der Waals surface area contributed by atoms with E-state index in [1.165, 1.54) is 16.8 Å². The highest BCUT2D eigenvalue weighted by atomic mass is 15.0. The molecule has 74 valence electrons. The summed E-state index contributed by atoms with van der Waals surface area (Å²) < 4.78 is 2.12. The second-order valence-electron chi connectivity index (χ2n) is 3.79. The fourth-order valence-electron chi connectivity index (χ4n) is 1.88. The molecule has 2 heteroatoms. The third-order valence-electron chi connectivity index (χ3n) is 2.72. The van der Waals surface area contributed by atoms with Gasteiger partial charge in [0.05, 0.1) is 5.69 Å². The smallest absolute Gasteiger partial charge is 0.117 e. The first-order valence-electron chi connectivity index (χ1n) is 5.06. The van der Waals surface area contributed by atoms with E-state index in [4.69, 9.17) is 0 Å². The summed E-state index contributed by atoms with van der Waals surface area (Å²) in [5.41, 5.74) is 4.83. The van der Waals surface area contributed by atoms with Crippen molar-refractivity contribution in [2.45, 2.75) is 6.92 Å². The summed E-state index contributed by atoms with van der Waals surface area (Å²) in [5.74, 6) is 0. The van der Waals surface area contributed by atoms with Crippen LogP contribution in [-0.2, 0) is 0 Å². The third kappa shape index (κ3) is 1.26. The highest BCUT2D eigenvalue weighted by Crippen LogP contribution is 2.20. The molecular formula is C13H12N2. The minimum Gasteiger partial charge on any atom is -0.339 e. The van der Waals surface area contributed by atoms with E-state index in [-0.39, 0.29) is 0 Å². The summed E-state index contributed by atoms with van der Waals surface area (Å²) in [6.07, 6.45) is 4.20. The molecular weight excluding hydrogens is 184 g/mol. The summed E-state index contributed by atoms with van der Waals surface area (Å²) in [5, 5.41) is 0. The van der Waals surface area contributed by atoms with E-state index in [9.17, 15) is 0 Å². The monoisotopic (exact) mass is 196 g/mol. The Morgan fingerprint density at radius 3 is 2.60 bits per heavy atom. The van der Waals surface area contributed by atoms with Crippen LogP contribution in [0.1, 0.15) is 5.56 Å². The minimum atomic E-state index is 1.16. The van der Waals surface area contributed by atoms with Crippen LogP contribution in [0.3, 0.4) is 0 Å². The van der Waals surface area contributed by atoms with Crippen molar-refractivity contribution >= 4 is 5.65 Å². The zero-order valence-electron chi connectivity index (χ0n) is 8.57. The highest BCUT2D eigenvalue weighted by Gasteiger charge is 2.04. The quantitative estimate of drug-likeness (QED) is 0.616. The highest BCUT2D eigenvalue weighted by molar-refractivity contribution is 5.64. The van der Waals surface area contributed by atoms with Crippen LogP contribution in [0.4, 0.5) is 0 Å². The van der Waals surface area contributed by atoms with E-state index >= 15 is 0 Å². The molecule has 0 saturated heterocycles. The second kappa shape index (κ2) is 3.02. The summed E-state index contributed by atoms with van der Waals surface area (Å²) in [4.78, 5) is 3.42. The molecule has 0 aliphatic carbocycles. The number of nitrogens with zero attached hydrogens (tertiary/aromatic N) is 1. The van der Waals surface area contributed by atoms with Crippen LogP contribution >= 0.6 is 0 Å². The number of aromatic nitrogens is 2. The van der Waals surface area contributed by atoms with Gasteiger partial charge in [0, 0.05) is 12.4 Å². The number of aryl methyl sites for hydroxylation is 1. The van der Waals surface area contributed by atoms with Crippen LogP contribution in [0.5, 0.6) is 0 Å². The lowest BCUT2D eigenvalue weighted by molar-refractivity contribution is 1.22. The predicted molar refractivity (Wildman–Crippen MR) is 61.9 cm³/mol. The van der Waals surface area contributed by atoms with Gasteiger partial charge < -0.3 is 9.38 Å². The van der Waals surface area contributed by atoms with Crippen molar-refractivity contribution in [2.24, 2.45) is 0 Å². The maximum Gasteiger partial charge on any atom is 0.117 e. The fraction of sp³-hybridized carbons (Fsp3) is 0.0769. The van der Waals surface area contributed by atoms with E-state index in [2.05, 4.69) is 59.0 Å². The van der Waals surface area contributed by atoms with Gasteiger partial charge >= 0.3 is 0 Å². The normalized spacial score (nSPS) is 11.0. The Kier molecular flexibility index (Phi) is 1.68. The number of hydrogen-bond acceptors (Lipinski definition) is 0. The van der Waals surface area contributed by atoms with Crippen molar-refractivity contribution in [3.8, 4) is 11.3 Å². The molecule has 0 unspecified atom stereocenters. The molecule has 1 aromatic carbocycles. The largest absolute Gasteiger partial charge is 0.339 e. The van der Waals surface area contributed by atoms with Crippen LogP contribution in [0.2, 0.25) is 0 Å². The average Bonchev–Trinajstić information content (AvgIpc) is 2.83. The molecule has 0 radical (unpaired) electrons. The first kappa shape index (κ1) is 8.36. The first-order chi connectivity index (χ1) is 7.34. The number of hydrogen-bond donors (Lipinski definition) is 1. The molecule has 3 aromatic rings. The van der Waals surface area contributed by atoms with Crippen molar-refractivity contribution in [1.82, 2.24) is 9.38 Å². The van der Waals surface area contributed by atoms with Crippen LogP contribution in [0.25, 0.3) is 16.9 Å². The Balaban J connectivity index is 2.20. The Morgan fingerprint density at radius 2 is 1.87 bits per heavy atom. The fourth-order valence-corrected chi connectivity index (χ4v) is 1.88. The van der Waals surface area contributed by atoms with Crippen LogP contribution in [0.15, 0.2) is 48.8 Å². The van der Waals surface area contributed by atoms with E-state index < -0.39 is 0 Å². The zero-order valence-corrected chi connectivity index (χ0v) is 8.57. The van der Waals surface area contributed by atoms with Gasteiger partial charge in [0.15, 0.2) is 0 Å². The molecule has 0 amide bonds. The molecule has 2 aromatic heterocycles. The number of H-pyrrole nitrogens is 1. The summed E-state index contributed by atoms with van der Waals surface area (Å²) in [6, 6.07) is 12.5. The standard InChI is InChI=1S/C13H12N2/c1-10-7-8-15-9-12(14-13(10)15)11-5-3-2-4-6-11/h2-9,14H,1H3. The number of rotatable bonds is 1. The lowest BCUT2D eigenvalue weighted by Gasteiger charge is -1.94. The van der Waals surface area contributed by atoms with E-state index in [1.54, 1.807) is 0 Å². The molecule has 0 bridgehead atoms. The molecule has 0 spiro atoms. The maximum absolute atomic E-state index is 3.42. The maximum atomic E-state index is 3.42. The summed E-state index contributed by atoms with van der Waals surface area (Å²) in [6.45, 7) is 2.11. The van der Waals surface area contributed by atoms with Crippen LogP contribution in [-0.4, -0.2) is 9.38 Å². The molecule has 0 saturated carbocycles. The molecule has 0 atom stereocenters. The summed E-state index contributed by atoms with van der Waals surface area (Å²) in [7, 11) is 0. The molecule has 1 N–H and O–H groups in total. The van der Waals surface area contributed by atoms with Gasteiger partial charge in [-0.05, 0) is 24.1 Å². The molecule has 15 heavy (non-hydrogen) atoms. The molecule has 0 fully saturated rings. The predicted octanol–water partition coefficient (Wildman–Crippen LogP) is 3.24. The van der Waals surface area contributed by atoms with Crippen molar-refractivity contribution in [3.05, 3.63) is 54.4 Å². The lowest BCUT2D eigenvalue weighted by atomic mass is 10.2. The van der Waals surface area contributed by atoms with Gasteiger partial charge in [-0.25, -0.2) is 0 Å². The van der Waals surface area contributed by atoms with Gasteiger partial charge in [0.1, 0.15) is 5.65 Å². The minimum absolute atomic E-state index is 1.16. The molecule has 0 aliphatic heterocycles. The zero-order chi connectivity index (χ0) is 10.3. The van der Waals surface area contributed by atoms with Gasteiger partial charge in [-0.3, -0.25) is 0 Å². The van der Waals surface area contributed by atoms with E-state index in [0.717, 1.165) is 5.69 Å². The van der Waals surface area contributed by atoms with Gasteiger partial charge in [0.2, 0.25) is 0 Å². The topological polar surface area (TPSA) is 20.2 Å². The number of fused-ring (bicyclic) bond motifs is 1. The van der Waals surface area contributed by atoms with Crippen LogP contribution in [0, 0.1) is 6.92 Å². The molecule has 2 heterocycles. The van der Waals surface area contributed by atoms with Gasteiger partial charge in [-0.2, -0.15) is 0 Å². The van der Waals surface area contributed by atoms with Crippen molar-refractivity contribution in [3.63, 3.8) is 0 Å². The number of aromatic amines is 1. The molecule has 3 rings (SSSR count). The number of nitrogens with one attached hydrogen (secondary N) is 1. The summed E-state index contributed by atoms with van der Waals surface area (Å²) >= 11 is 0. The Hall–Kier alpha value is -1.96. The van der Waals surface area contributed by atoms with Gasteiger partial charge in [-0.15, -0.1) is 0 Å². The van der Waals surface area contributed by atoms with E-state index in [1.807, 2.05) is 6.07 Å².